The number of aliphatic hydroxyl groups is 1. The fraction of sp³-hybridized carbons (Fsp3) is 0.708. The number of carbonyl (C=O) groups excluding carboxylic acids is 1. The molecule has 0 spiro atoms. The van der Waals surface area contributed by atoms with Crippen LogP contribution in [0, 0.1) is 11.8 Å². The maximum absolute atomic E-state index is 11.0. The third-order valence-electron chi connectivity index (χ3n) is 6.62. The lowest BCUT2D eigenvalue weighted by molar-refractivity contribution is -0.129. The first-order valence-corrected chi connectivity index (χ1v) is 12.7. The second kappa shape index (κ2) is 13.9. The number of aliphatic hydroxyl groups excluding tert-OH is 1. The number of amides is 1. The Morgan fingerprint density at radius 1 is 1.17 bits per heavy atom. The van der Waals surface area contributed by atoms with Gasteiger partial charge in [-0.1, -0.05) is 43.9 Å². The molecule has 1 fully saturated rings. The van der Waals surface area contributed by atoms with Gasteiger partial charge in [-0.3, -0.25) is 10.0 Å². The van der Waals surface area contributed by atoms with Crippen LogP contribution in [0.2, 0.25) is 0 Å². The zero-order valence-corrected chi connectivity index (χ0v) is 19.4. The van der Waals surface area contributed by atoms with E-state index in [0.29, 0.717) is 23.5 Å². The molecule has 4 atom stereocenters. The van der Waals surface area contributed by atoms with E-state index < -0.39 is 0 Å². The van der Waals surface area contributed by atoms with Crippen LogP contribution >= 0.6 is 11.8 Å². The fourth-order valence-corrected chi connectivity index (χ4v) is 5.52. The second-order valence-corrected chi connectivity index (χ2v) is 9.85. The molecular formula is C24H40N2O3S. The van der Waals surface area contributed by atoms with Crippen molar-refractivity contribution in [1.29, 1.82) is 0 Å². The minimum Gasteiger partial charge on any atom is -0.393 e. The van der Waals surface area contributed by atoms with Gasteiger partial charge in [-0.2, -0.15) is 11.8 Å². The van der Waals surface area contributed by atoms with E-state index in [4.69, 9.17) is 5.21 Å². The number of thioether (sulfide) groups is 1. The number of para-hydroxylation sites is 1. The third kappa shape index (κ3) is 8.48. The van der Waals surface area contributed by atoms with Gasteiger partial charge < -0.3 is 10.0 Å². The van der Waals surface area contributed by atoms with Gasteiger partial charge in [0.1, 0.15) is 0 Å². The van der Waals surface area contributed by atoms with Crippen molar-refractivity contribution >= 4 is 23.4 Å². The lowest BCUT2D eigenvalue weighted by Crippen LogP contribution is -2.28. The molecule has 3 unspecified atom stereocenters. The fourth-order valence-electron chi connectivity index (χ4n) is 4.77. The van der Waals surface area contributed by atoms with Crippen LogP contribution in [0.15, 0.2) is 30.3 Å². The standard InChI is InChI=1S/C24H40N2O3S/c1-26(20-11-7-5-8-12-20)18-21(30-2)15-16-22-19(14-17-23(22)27)10-6-3-4-9-13-24(28)25-29/h5,7-8,11-12,19,21-23,27,29H,3-4,6,9-10,13-18H2,1-2H3,(H,25,28)/t19?,21?,22?,23-/m1/s1. The van der Waals surface area contributed by atoms with E-state index in [1.54, 1.807) is 5.48 Å². The molecule has 5 nitrogen and oxygen atoms in total. The number of anilines is 1. The van der Waals surface area contributed by atoms with Crippen LogP contribution < -0.4 is 10.4 Å². The average Bonchev–Trinajstić information content (AvgIpc) is 3.12. The number of benzene rings is 1. The van der Waals surface area contributed by atoms with Gasteiger partial charge >= 0.3 is 0 Å². The van der Waals surface area contributed by atoms with Gasteiger partial charge in [0.25, 0.3) is 0 Å². The molecule has 6 heteroatoms. The van der Waals surface area contributed by atoms with E-state index in [9.17, 15) is 9.90 Å². The highest BCUT2D eigenvalue weighted by Gasteiger charge is 2.34. The molecule has 2 rings (SSSR count). The number of nitrogens with zero attached hydrogens (tertiary/aromatic N) is 1. The molecule has 1 aromatic carbocycles. The number of hydrogen-bond donors (Lipinski definition) is 3. The second-order valence-electron chi connectivity index (χ2n) is 8.71. The Morgan fingerprint density at radius 2 is 1.90 bits per heavy atom. The number of carbonyl (C=O) groups is 1. The summed E-state index contributed by atoms with van der Waals surface area (Å²) in [7, 11) is 2.16. The maximum atomic E-state index is 11.0. The zero-order chi connectivity index (χ0) is 21.8. The van der Waals surface area contributed by atoms with Crippen LogP contribution in [0.25, 0.3) is 0 Å². The first-order chi connectivity index (χ1) is 14.5. The van der Waals surface area contributed by atoms with Crippen LogP contribution in [0.5, 0.6) is 0 Å². The lowest BCUT2D eigenvalue weighted by atomic mass is 9.86. The summed E-state index contributed by atoms with van der Waals surface area (Å²) in [5.74, 6) is 0.771. The van der Waals surface area contributed by atoms with Crippen molar-refractivity contribution in [2.75, 3.05) is 24.7 Å². The number of hydrogen-bond acceptors (Lipinski definition) is 5. The molecule has 1 amide bonds. The summed E-state index contributed by atoms with van der Waals surface area (Å²) in [6.45, 7) is 1.03. The Hall–Kier alpha value is -1.24. The van der Waals surface area contributed by atoms with Gasteiger partial charge in [-0.05, 0) is 62.3 Å². The molecule has 0 heterocycles. The maximum Gasteiger partial charge on any atom is 0.243 e. The van der Waals surface area contributed by atoms with Crippen molar-refractivity contribution in [1.82, 2.24) is 5.48 Å². The SMILES string of the molecule is CSC(CCC1C(CCCCCCC(=O)NO)CC[C@H]1O)CN(C)c1ccccc1. The van der Waals surface area contributed by atoms with Crippen LogP contribution in [-0.2, 0) is 4.79 Å². The van der Waals surface area contributed by atoms with Crippen molar-refractivity contribution in [3.63, 3.8) is 0 Å². The molecule has 0 bridgehead atoms. The average molecular weight is 437 g/mol. The van der Waals surface area contributed by atoms with Gasteiger partial charge in [-0.25, -0.2) is 5.48 Å². The van der Waals surface area contributed by atoms with Crippen LogP contribution in [0.3, 0.4) is 0 Å². The van der Waals surface area contributed by atoms with E-state index in [2.05, 4.69) is 48.5 Å². The van der Waals surface area contributed by atoms with Crippen LogP contribution in [-0.4, -0.2) is 47.4 Å². The molecule has 1 aromatic rings. The Kier molecular flexibility index (Phi) is 11.6. The van der Waals surface area contributed by atoms with E-state index in [-0.39, 0.29) is 12.0 Å². The van der Waals surface area contributed by atoms with Gasteiger partial charge in [0.15, 0.2) is 0 Å². The van der Waals surface area contributed by atoms with E-state index in [0.717, 1.165) is 57.9 Å². The smallest absolute Gasteiger partial charge is 0.243 e. The number of hydroxylamine groups is 1. The zero-order valence-electron chi connectivity index (χ0n) is 18.6. The van der Waals surface area contributed by atoms with E-state index in [1.807, 2.05) is 11.8 Å². The van der Waals surface area contributed by atoms with Crippen molar-refractivity contribution in [3.8, 4) is 0 Å². The van der Waals surface area contributed by atoms with Crippen molar-refractivity contribution in [2.24, 2.45) is 11.8 Å². The Morgan fingerprint density at radius 3 is 2.60 bits per heavy atom. The highest BCUT2D eigenvalue weighted by molar-refractivity contribution is 7.99. The predicted molar refractivity (Wildman–Crippen MR) is 126 cm³/mol. The molecule has 170 valence electrons. The van der Waals surface area contributed by atoms with Crippen LogP contribution in [0.1, 0.15) is 64.2 Å². The molecule has 1 aliphatic carbocycles. The molecule has 30 heavy (non-hydrogen) atoms. The molecule has 1 saturated carbocycles. The molecule has 3 N–H and O–H groups in total. The molecule has 0 aliphatic heterocycles. The number of unbranched alkanes of at least 4 members (excludes halogenated alkanes) is 3. The summed E-state index contributed by atoms with van der Waals surface area (Å²) in [4.78, 5) is 13.4. The first-order valence-electron chi connectivity index (χ1n) is 11.4. The van der Waals surface area contributed by atoms with Crippen molar-refractivity contribution in [3.05, 3.63) is 30.3 Å². The van der Waals surface area contributed by atoms with E-state index >= 15 is 0 Å². The summed E-state index contributed by atoms with van der Waals surface area (Å²) in [6.07, 6.45) is 12.1. The third-order valence-corrected chi connectivity index (χ3v) is 7.67. The highest BCUT2D eigenvalue weighted by atomic mass is 32.2. The summed E-state index contributed by atoms with van der Waals surface area (Å²) < 4.78 is 0. The Balaban J connectivity index is 1.71. The molecule has 0 saturated heterocycles. The number of rotatable bonds is 14. The van der Waals surface area contributed by atoms with Crippen LogP contribution in [0.4, 0.5) is 5.69 Å². The van der Waals surface area contributed by atoms with Gasteiger partial charge in [0, 0.05) is 31.0 Å². The minimum atomic E-state index is -0.296. The van der Waals surface area contributed by atoms with E-state index in [1.165, 1.54) is 12.1 Å². The summed E-state index contributed by atoms with van der Waals surface area (Å²) in [5, 5.41) is 19.6. The van der Waals surface area contributed by atoms with Crippen molar-refractivity contribution in [2.45, 2.75) is 75.6 Å². The molecule has 0 radical (unpaired) electrons. The Labute approximate surface area is 186 Å². The Bertz CT molecular complexity index is 601. The normalized spacial score (nSPS) is 22.1. The first kappa shape index (κ1) is 25.0. The summed E-state index contributed by atoms with van der Waals surface area (Å²) >= 11 is 1.94. The molecule has 1 aliphatic rings. The largest absolute Gasteiger partial charge is 0.393 e. The highest BCUT2D eigenvalue weighted by Crippen LogP contribution is 2.39. The van der Waals surface area contributed by atoms with Gasteiger partial charge in [0.05, 0.1) is 6.10 Å². The quantitative estimate of drug-likeness (QED) is 0.220. The van der Waals surface area contributed by atoms with Crippen molar-refractivity contribution < 1.29 is 15.1 Å². The monoisotopic (exact) mass is 436 g/mol. The minimum absolute atomic E-state index is 0.141. The van der Waals surface area contributed by atoms with Gasteiger partial charge in [-0.15, -0.1) is 0 Å². The predicted octanol–water partition coefficient (Wildman–Crippen LogP) is 4.87. The molecule has 0 aromatic heterocycles. The topological polar surface area (TPSA) is 72.8 Å². The molecular weight excluding hydrogens is 396 g/mol. The summed E-state index contributed by atoms with van der Waals surface area (Å²) in [6, 6.07) is 10.5. The number of nitrogens with one attached hydrogen (secondary N) is 1. The van der Waals surface area contributed by atoms with Gasteiger partial charge in [0.2, 0.25) is 5.91 Å². The lowest BCUT2D eigenvalue weighted by Gasteiger charge is -2.28. The summed E-state index contributed by atoms with van der Waals surface area (Å²) in [5.41, 5.74) is 2.94.